The zero-order valence-electron chi connectivity index (χ0n) is 7.85. The third kappa shape index (κ3) is 3.66. The average Bonchev–Trinajstić information content (AvgIpc) is 2.01. The van der Waals surface area contributed by atoms with E-state index in [1.165, 1.54) is 26.2 Å². The summed E-state index contributed by atoms with van der Waals surface area (Å²) in [7, 11) is 0. The van der Waals surface area contributed by atoms with Gasteiger partial charge in [0.2, 0.25) is 0 Å². The number of carbonyl (C=O) groups excluding carboxylic acids is 2. The second-order valence-corrected chi connectivity index (χ2v) is 3.85. The molecule has 0 saturated carbocycles. The molecule has 1 heterocycles. The van der Waals surface area contributed by atoms with E-state index in [0.717, 1.165) is 11.8 Å². The summed E-state index contributed by atoms with van der Waals surface area (Å²) in [4.78, 5) is 21.4. The zero-order chi connectivity index (χ0) is 10.6. The fourth-order valence-electron chi connectivity index (χ4n) is 0.872. The molecule has 5 heteroatoms. The number of hydrogen-bond donors (Lipinski definition) is 0. The summed E-state index contributed by atoms with van der Waals surface area (Å²) in [6, 6.07) is 0. The van der Waals surface area contributed by atoms with E-state index in [-0.39, 0.29) is 5.12 Å². The third-order valence-electron chi connectivity index (χ3n) is 1.29. The van der Waals surface area contributed by atoms with Crippen molar-refractivity contribution in [3.63, 3.8) is 0 Å². The van der Waals surface area contributed by atoms with Gasteiger partial charge in [-0.05, 0) is 11.8 Å². The molecule has 0 bridgehead atoms. The molecule has 0 aromatic carbocycles. The molecule has 0 aromatic heterocycles. The molecule has 1 aliphatic rings. The topological polar surface area (TPSA) is 52.6 Å². The fourth-order valence-corrected chi connectivity index (χ4v) is 1.52. The molecule has 0 fully saturated rings. The Labute approximate surface area is 85.9 Å². The first-order valence-electron chi connectivity index (χ1n) is 3.97. The predicted molar refractivity (Wildman–Crippen MR) is 52.1 cm³/mol. The second kappa shape index (κ2) is 4.85. The minimum Gasteiger partial charge on any atom is -0.482 e. The standard InChI is InChI=1S/C9H10O4S/c1-6(10)13-8-3-4-12-9(5-8)14-7(2)11/h3-5,9H,1-2H3. The summed E-state index contributed by atoms with van der Waals surface area (Å²) in [6.07, 6.45) is 4.50. The van der Waals surface area contributed by atoms with Gasteiger partial charge >= 0.3 is 5.97 Å². The maximum atomic E-state index is 10.8. The van der Waals surface area contributed by atoms with E-state index in [4.69, 9.17) is 9.47 Å². The summed E-state index contributed by atoms with van der Waals surface area (Å²) < 4.78 is 9.93. The maximum Gasteiger partial charge on any atom is 0.308 e. The van der Waals surface area contributed by atoms with Gasteiger partial charge in [0.1, 0.15) is 5.76 Å². The van der Waals surface area contributed by atoms with E-state index in [0.29, 0.717) is 5.76 Å². The summed E-state index contributed by atoms with van der Waals surface area (Å²) in [5.74, 6) is 0.0110. The van der Waals surface area contributed by atoms with E-state index in [1.54, 1.807) is 6.08 Å². The summed E-state index contributed by atoms with van der Waals surface area (Å²) in [6.45, 7) is 2.77. The van der Waals surface area contributed by atoms with Crippen LogP contribution in [0.5, 0.6) is 0 Å². The van der Waals surface area contributed by atoms with Crippen molar-refractivity contribution in [1.82, 2.24) is 0 Å². The summed E-state index contributed by atoms with van der Waals surface area (Å²) in [5, 5.41) is -0.0521. The Morgan fingerprint density at radius 1 is 1.50 bits per heavy atom. The first kappa shape index (κ1) is 10.8. The van der Waals surface area contributed by atoms with Crippen molar-refractivity contribution in [1.29, 1.82) is 0 Å². The number of ether oxygens (including phenoxy) is 2. The molecule has 0 N–H and O–H groups in total. The van der Waals surface area contributed by atoms with Gasteiger partial charge in [0.05, 0.1) is 6.26 Å². The number of thioether (sulfide) groups is 1. The van der Waals surface area contributed by atoms with Crippen LogP contribution in [0.25, 0.3) is 0 Å². The molecule has 1 rings (SSSR count). The number of carbonyl (C=O) groups is 2. The van der Waals surface area contributed by atoms with Gasteiger partial charge < -0.3 is 9.47 Å². The molecule has 76 valence electrons. The van der Waals surface area contributed by atoms with Crippen molar-refractivity contribution in [3.05, 3.63) is 24.2 Å². The van der Waals surface area contributed by atoms with Gasteiger partial charge in [-0.1, -0.05) is 0 Å². The molecule has 14 heavy (non-hydrogen) atoms. The summed E-state index contributed by atoms with van der Waals surface area (Å²) >= 11 is 1.03. The van der Waals surface area contributed by atoms with Crippen LogP contribution in [0.15, 0.2) is 24.2 Å². The van der Waals surface area contributed by atoms with Crippen LogP contribution < -0.4 is 0 Å². The first-order chi connectivity index (χ1) is 6.58. The van der Waals surface area contributed by atoms with Gasteiger partial charge in [-0.15, -0.1) is 0 Å². The second-order valence-electron chi connectivity index (χ2n) is 2.58. The van der Waals surface area contributed by atoms with Gasteiger partial charge in [-0.3, -0.25) is 9.59 Å². The van der Waals surface area contributed by atoms with Crippen LogP contribution in [0.2, 0.25) is 0 Å². The lowest BCUT2D eigenvalue weighted by Gasteiger charge is -2.15. The maximum absolute atomic E-state index is 10.8. The highest BCUT2D eigenvalue weighted by atomic mass is 32.2. The molecular formula is C9H10O4S. The van der Waals surface area contributed by atoms with Crippen LogP contribution in [0.3, 0.4) is 0 Å². The van der Waals surface area contributed by atoms with Crippen molar-refractivity contribution in [3.8, 4) is 0 Å². The van der Waals surface area contributed by atoms with Crippen LogP contribution in [-0.2, 0) is 19.1 Å². The largest absolute Gasteiger partial charge is 0.482 e. The highest BCUT2D eigenvalue weighted by Gasteiger charge is 2.14. The van der Waals surface area contributed by atoms with Crippen molar-refractivity contribution in [2.24, 2.45) is 0 Å². The Morgan fingerprint density at radius 3 is 2.79 bits per heavy atom. The van der Waals surface area contributed by atoms with Crippen LogP contribution >= 0.6 is 11.8 Å². The molecule has 0 aliphatic carbocycles. The van der Waals surface area contributed by atoms with Crippen molar-refractivity contribution in [2.45, 2.75) is 19.3 Å². The minimum absolute atomic E-state index is 0.0521. The Morgan fingerprint density at radius 2 is 2.21 bits per heavy atom. The molecular weight excluding hydrogens is 204 g/mol. The lowest BCUT2D eigenvalue weighted by molar-refractivity contribution is -0.136. The van der Waals surface area contributed by atoms with E-state index < -0.39 is 11.4 Å². The Bertz CT molecular complexity index is 306. The SMILES string of the molecule is CC(=O)OC1=CC(SC(C)=O)OC=C1. The van der Waals surface area contributed by atoms with Gasteiger partial charge in [-0.2, -0.15) is 0 Å². The summed E-state index contributed by atoms with van der Waals surface area (Å²) in [5.41, 5.74) is -0.410. The van der Waals surface area contributed by atoms with Crippen LogP contribution in [0.4, 0.5) is 0 Å². The normalized spacial score (nSPS) is 19.6. The zero-order valence-corrected chi connectivity index (χ0v) is 8.67. The minimum atomic E-state index is -0.410. The number of esters is 1. The quantitative estimate of drug-likeness (QED) is 0.653. The average molecular weight is 214 g/mol. The Balaban J connectivity index is 2.58. The highest BCUT2D eigenvalue weighted by Crippen LogP contribution is 2.21. The van der Waals surface area contributed by atoms with Gasteiger partial charge in [0.25, 0.3) is 0 Å². The van der Waals surface area contributed by atoms with E-state index in [9.17, 15) is 9.59 Å². The first-order valence-corrected chi connectivity index (χ1v) is 4.85. The molecule has 1 atom stereocenters. The van der Waals surface area contributed by atoms with Crippen molar-refractivity contribution < 1.29 is 19.1 Å². The number of allylic oxidation sites excluding steroid dienone is 1. The molecule has 0 spiro atoms. The van der Waals surface area contributed by atoms with Crippen molar-refractivity contribution >= 4 is 22.8 Å². The lowest BCUT2D eigenvalue weighted by Crippen LogP contribution is -2.10. The van der Waals surface area contributed by atoms with E-state index in [2.05, 4.69) is 0 Å². The molecule has 4 nitrogen and oxygen atoms in total. The van der Waals surface area contributed by atoms with Gasteiger partial charge in [0, 0.05) is 26.0 Å². The van der Waals surface area contributed by atoms with E-state index >= 15 is 0 Å². The molecule has 1 unspecified atom stereocenters. The monoisotopic (exact) mass is 214 g/mol. The van der Waals surface area contributed by atoms with Gasteiger partial charge in [-0.25, -0.2) is 0 Å². The van der Waals surface area contributed by atoms with Gasteiger partial charge in [0.15, 0.2) is 10.6 Å². The van der Waals surface area contributed by atoms with E-state index in [1.807, 2.05) is 0 Å². The molecule has 0 saturated heterocycles. The lowest BCUT2D eigenvalue weighted by atomic mass is 10.4. The fraction of sp³-hybridized carbons (Fsp3) is 0.333. The predicted octanol–water partition coefficient (Wildman–Crippen LogP) is 1.58. The molecule has 1 aliphatic heterocycles. The highest BCUT2D eigenvalue weighted by molar-refractivity contribution is 8.14. The Kier molecular flexibility index (Phi) is 3.76. The number of hydrogen-bond acceptors (Lipinski definition) is 5. The van der Waals surface area contributed by atoms with Crippen LogP contribution in [0, 0.1) is 0 Å². The molecule has 0 aromatic rings. The smallest absolute Gasteiger partial charge is 0.308 e. The number of rotatable bonds is 2. The molecule has 0 amide bonds. The Hall–Kier alpha value is -1.23. The molecule has 0 radical (unpaired) electrons. The van der Waals surface area contributed by atoms with Crippen LogP contribution in [0.1, 0.15) is 13.8 Å². The third-order valence-corrected chi connectivity index (χ3v) is 2.10. The van der Waals surface area contributed by atoms with Crippen molar-refractivity contribution in [2.75, 3.05) is 0 Å². The van der Waals surface area contributed by atoms with Crippen LogP contribution in [-0.4, -0.2) is 16.5 Å².